The van der Waals surface area contributed by atoms with Gasteiger partial charge in [0.05, 0.1) is 6.21 Å². The predicted octanol–water partition coefficient (Wildman–Crippen LogP) is 4.95. The number of hydrogen-bond donors (Lipinski definition) is 1. The fourth-order valence-electron chi connectivity index (χ4n) is 3.11. The fraction of sp³-hybridized carbons (Fsp3) is 0.217. The number of ether oxygens (including phenoxy) is 1. The molecule has 0 fully saturated rings. The van der Waals surface area contributed by atoms with Crippen LogP contribution >= 0.6 is 15.9 Å². The van der Waals surface area contributed by atoms with Crippen molar-refractivity contribution in [3.8, 4) is 11.4 Å². The first-order valence-corrected chi connectivity index (χ1v) is 10.3. The van der Waals surface area contributed by atoms with Crippen LogP contribution in [0.1, 0.15) is 29.4 Å². The van der Waals surface area contributed by atoms with Gasteiger partial charge in [0.1, 0.15) is 5.75 Å². The Morgan fingerprint density at radius 3 is 2.62 bits per heavy atom. The lowest BCUT2D eigenvalue weighted by atomic mass is 10.1. The quantitative estimate of drug-likeness (QED) is 0.406. The van der Waals surface area contributed by atoms with Crippen LogP contribution in [-0.4, -0.2) is 23.3 Å². The number of carbonyl (C=O) groups is 1. The van der Waals surface area contributed by atoms with Crippen LogP contribution in [-0.2, 0) is 11.2 Å². The second kappa shape index (κ2) is 9.56. The van der Waals surface area contributed by atoms with Crippen molar-refractivity contribution in [2.24, 2.45) is 5.10 Å². The van der Waals surface area contributed by atoms with Crippen molar-refractivity contribution < 1.29 is 9.53 Å². The maximum absolute atomic E-state index is 12.0. The van der Waals surface area contributed by atoms with Crippen LogP contribution in [0.4, 0.5) is 0 Å². The van der Waals surface area contributed by atoms with Crippen molar-refractivity contribution in [1.29, 1.82) is 0 Å². The van der Waals surface area contributed by atoms with Crippen LogP contribution in [0.15, 0.2) is 64.2 Å². The molecule has 5 nitrogen and oxygen atoms in total. The van der Waals surface area contributed by atoms with Gasteiger partial charge in [-0.25, -0.2) is 5.43 Å². The second-order valence-electron chi connectivity index (χ2n) is 6.72. The average Bonchev–Trinajstić information content (AvgIpc) is 3.00. The van der Waals surface area contributed by atoms with Gasteiger partial charge in [-0.2, -0.15) is 5.10 Å². The predicted molar refractivity (Wildman–Crippen MR) is 120 cm³/mol. The van der Waals surface area contributed by atoms with Gasteiger partial charge in [-0.05, 0) is 62.2 Å². The van der Waals surface area contributed by atoms with Gasteiger partial charge in [0.2, 0.25) is 0 Å². The molecule has 3 aromatic rings. The Kier molecular flexibility index (Phi) is 6.88. The molecular weight excluding hydrogens is 430 g/mol. The van der Waals surface area contributed by atoms with Gasteiger partial charge >= 0.3 is 0 Å². The lowest BCUT2D eigenvalue weighted by molar-refractivity contribution is -0.123. The minimum absolute atomic E-state index is 0.101. The third kappa shape index (κ3) is 5.35. The number of rotatable bonds is 7. The molecule has 0 aliphatic rings. The summed E-state index contributed by atoms with van der Waals surface area (Å²) in [6.45, 7) is 6.15. The SMILES string of the molecule is CCc1ccc(-n2c(C)cc(/C=N/NC(=O)COc3cccc(Br)c3)c2C)cc1. The number of hydrogen-bond acceptors (Lipinski definition) is 3. The molecule has 6 heteroatoms. The number of nitrogens with one attached hydrogen (secondary N) is 1. The number of halogens is 1. The molecule has 1 amide bonds. The highest BCUT2D eigenvalue weighted by atomic mass is 79.9. The Hall–Kier alpha value is -2.86. The van der Waals surface area contributed by atoms with Crippen molar-refractivity contribution in [3.05, 3.63) is 81.6 Å². The molecule has 0 aliphatic heterocycles. The normalized spacial score (nSPS) is 11.0. The van der Waals surface area contributed by atoms with Gasteiger partial charge in [0, 0.05) is 27.1 Å². The van der Waals surface area contributed by atoms with Gasteiger partial charge in [-0.3, -0.25) is 4.79 Å². The highest BCUT2D eigenvalue weighted by molar-refractivity contribution is 9.10. The van der Waals surface area contributed by atoms with E-state index in [1.807, 2.05) is 19.1 Å². The number of amides is 1. The molecule has 0 aliphatic carbocycles. The van der Waals surface area contributed by atoms with E-state index in [1.165, 1.54) is 5.56 Å². The smallest absolute Gasteiger partial charge is 0.277 e. The summed E-state index contributed by atoms with van der Waals surface area (Å²) in [6, 6.07) is 17.9. The Morgan fingerprint density at radius 1 is 1.17 bits per heavy atom. The van der Waals surface area contributed by atoms with Crippen LogP contribution in [0.5, 0.6) is 5.75 Å². The van der Waals surface area contributed by atoms with E-state index in [2.05, 4.69) is 75.2 Å². The van der Waals surface area contributed by atoms with Crippen LogP contribution in [0.25, 0.3) is 5.69 Å². The number of hydrazone groups is 1. The minimum atomic E-state index is -0.315. The first-order chi connectivity index (χ1) is 14.0. The number of aryl methyl sites for hydroxylation is 2. The lowest BCUT2D eigenvalue weighted by Crippen LogP contribution is -2.24. The lowest BCUT2D eigenvalue weighted by Gasteiger charge is -2.10. The van der Waals surface area contributed by atoms with Gasteiger partial charge in [0.25, 0.3) is 5.91 Å². The van der Waals surface area contributed by atoms with E-state index in [1.54, 1.807) is 18.3 Å². The number of nitrogens with zero attached hydrogens (tertiary/aromatic N) is 2. The molecule has 0 radical (unpaired) electrons. The molecule has 2 aromatic carbocycles. The molecule has 29 heavy (non-hydrogen) atoms. The molecule has 0 atom stereocenters. The molecule has 0 bridgehead atoms. The fourth-order valence-corrected chi connectivity index (χ4v) is 3.49. The van der Waals surface area contributed by atoms with Crippen LogP contribution < -0.4 is 10.2 Å². The Labute approximate surface area is 179 Å². The zero-order valence-corrected chi connectivity index (χ0v) is 18.4. The molecule has 1 heterocycles. The molecular formula is C23H24BrN3O2. The zero-order chi connectivity index (χ0) is 20.8. The molecule has 0 spiro atoms. The first-order valence-electron chi connectivity index (χ1n) is 9.46. The van der Waals surface area contributed by atoms with Crippen molar-refractivity contribution in [1.82, 2.24) is 9.99 Å². The van der Waals surface area contributed by atoms with Gasteiger partial charge < -0.3 is 9.30 Å². The van der Waals surface area contributed by atoms with E-state index in [9.17, 15) is 4.79 Å². The Morgan fingerprint density at radius 2 is 1.93 bits per heavy atom. The highest BCUT2D eigenvalue weighted by Crippen LogP contribution is 2.20. The monoisotopic (exact) mass is 453 g/mol. The Bertz CT molecular complexity index is 1020. The molecule has 0 saturated carbocycles. The summed E-state index contributed by atoms with van der Waals surface area (Å²) in [5.74, 6) is 0.307. The second-order valence-corrected chi connectivity index (χ2v) is 7.64. The van der Waals surface area contributed by atoms with Crippen LogP contribution in [0.3, 0.4) is 0 Å². The zero-order valence-electron chi connectivity index (χ0n) is 16.8. The third-order valence-corrected chi connectivity index (χ3v) is 5.13. The van der Waals surface area contributed by atoms with E-state index in [4.69, 9.17) is 4.74 Å². The van der Waals surface area contributed by atoms with E-state index >= 15 is 0 Å². The summed E-state index contributed by atoms with van der Waals surface area (Å²) in [7, 11) is 0. The van der Waals surface area contributed by atoms with E-state index in [-0.39, 0.29) is 12.5 Å². The average molecular weight is 454 g/mol. The van der Waals surface area contributed by atoms with Crippen molar-refractivity contribution in [2.45, 2.75) is 27.2 Å². The summed E-state index contributed by atoms with van der Waals surface area (Å²) in [6.07, 6.45) is 2.68. The number of aromatic nitrogens is 1. The maximum atomic E-state index is 12.0. The van der Waals surface area contributed by atoms with E-state index in [0.29, 0.717) is 5.75 Å². The highest BCUT2D eigenvalue weighted by Gasteiger charge is 2.09. The summed E-state index contributed by atoms with van der Waals surface area (Å²) in [5.41, 5.74) is 8.06. The molecule has 3 rings (SSSR count). The number of benzene rings is 2. The molecule has 1 aromatic heterocycles. The molecule has 0 saturated heterocycles. The van der Waals surface area contributed by atoms with E-state index < -0.39 is 0 Å². The third-order valence-electron chi connectivity index (χ3n) is 4.63. The summed E-state index contributed by atoms with van der Waals surface area (Å²) >= 11 is 3.37. The minimum Gasteiger partial charge on any atom is -0.484 e. The standard InChI is InChI=1S/C23H24BrN3O2/c1-4-18-8-10-21(11-9-18)27-16(2)12-19(17(27)3)14-25-26-23(28)15-29-22-7-5-6-20(24)13-22/h5-14H,4,15H2,1-3H3,(H,26,28)/b25-14+. The van der Waals surface area contributed by atoms with Gasteiger partial charge in [-0.1, -0.05) is 41.1 Å². The van der Waals surface area contributed by atoms with Crippen LogP contribution in [0, 0.1) is 13.8 Å². The first kappa shape index (κ1) is 20.9. The molecule has 0 unspecified atom stereocenters. The maximum Gasteiger partial charge on any atom is 0.277 e. The summed E-state index contributed by atoms with van der Waals surface area (Å²) in [5, 5.41) is 4.08. The van der Waals surface area contributed by atoms with E-state index in [0.717, 1.165) is 33.5 Å². The molecule has 150 valence electrons. The van der Waals surface area contributed by atoms with Gasteiger partial charge in [0.15, 0.2) is 6.61 Å². The van der Waals surface area contributed by atoms with Crippen molar-refractivity contribution in [2.75, 3.05) is 6.61 Å². The largest absolute Gasteiger partial charge is 0.484 e. The Balaban J connectivity index is 1.62. The van der Waals surface area contributed by atoms with Crippen LogP contribution in [0.2, 0.25) is 0 Å². The summed E-state index contributed by atoms with van der Waals surface area (Å²) < 4.78 is 8.53. The topological polar surface area (TPSA) is 55.6 Å². The van der Waals surface area contributed by atoms with Crippen molar-refractivity contribution >= 4 is 28.1 Å². The summed E-state index contributed by atoms with van der Waals surface area (Å²) in [4.78, 5) is 12.0. The van der Waals surface area contributed by atoms with Gasteiger partial charge in [-0.15, -0.1) is 0 Å². The molecule has 1 N–H and O–H groups in total. The number of carbonyl (C=O) groups excluding carboxylic acids is 1. The van der Waals surface area contributed by atoms with Crippen molar-refractivity contribution in [3.63, 3.8) is 0 Å².